The van der Waals surface area contributed by atoms with Crippen molar-refractivity contribution in [2.45, 2.75) is 19.4 Å². The molecular formula is C19H17N3O2. The van der Waals surface area contributed by atoms with E-state index in [1.165, 1.54) is 0 Å². The van der Waals surface area contributed by atoms with Crippen molar-refractivity contribution in [3.63, 3.8) is 0 Å². The maximum absolute atomic E-state index is 12.6. The van der Waals surface area contributed by atoms with E-state index in [4.69, 9.17) is 4.74 Å². The molecule has 5 heteroatoms. The molecule has 0 aliphatic carbocycles. The Bertz CT molecular complexity index is 862. The zero-order chi connectivity index (χ0) is 16.5. The van der Waals surface area contributed by atoms with Crippen molar-refractivity contribution in [1.29, 1.82) is 0 Å². The van der Waals surface area contributed by atoms with E-state index in [-0.39, 0.29) is 5.91 Å². The third-order valence-electron chi connectivity index (χ3n) is 4.19. The summed E-state index contributed by atoms with van der Waals surface area (Å²) in [6.07, 6.45) is 3.70. The van der Waals surface area contributed by atoms with Gasteiger partial charge in [0.2, 0.25) is 0 Å². The second kappa shape index (κ2) is 5.85. The summed E-state index contributed by atoms with van der Waals surface area (Å²) in [7, 11) is 0. The van der Waals surface area contributed by atoms with Crippen LogP contribution in [0, 0.1) is 6.92 Å². The van der Waals surface area contributed by atoms with E-state index in [2.05, 4.69) is 10.4 Å². The molecule has 0 bridgehead atoms. The fourth-order valence-corrected chi connectivity index (χ4v) is 2.85. The van der Waals surface area contributed by atoms with Crippen LogP contribution in [0.5, 0.6) is 5.75 Å². The number of ether oxygens (including phenoxy) is 1. The summed E-state index contributed by atoms with van der Waals surface area (Å²) in [5.41, 5.74) is 3.73. The lowest BCUT2D eigenvalue weighted by Gasteiger charge is -2.14. The topological polar surface area (TPSA) is 56.2 Å². The quantitative estimate of drug-likeness (QED) is 0.807. The van der Waals surface area contributed by atoms with Gasteiger partial charge in [-0.1, -0.05) is 24.3 Å². The van der Waals surface area contributed by atoms with E-state index in [0.29, 0.717) is 6.42 Å². The van der Waals surface area contributed by atoms with Crippen LogP contribution in [0.25, 0.3) is 5.69 Å². The van der Waals surface area contributed by atoms with Crippen LogP contribution in [-0.2, 0) is 11.2 Å². The number of benzene rings is 2. The molecule has 1 N–H and O–H groups in total. The Morgan fingerprint density at radius 2 is 2.12 bits per heavy atom. The Morgan fingerprint density at radius 3 is 2.92 bits per heavy atom. The molecule has 1 aliphatic rings. The first-order valence-electron chi connectivity index (χ1n) is 7.87. The molecule has 1 atom stereocenters. The zero-order valence-electron chi connectivity index (χ0n) is 13.3. The van der Waals surface area contributed by atoms with E-state index in [1.54, 1.807) is 10.9 Å². The number of hydrogen-bond acceptors (Lipinski definition) is 3. The number of aryl methyl sites for hydroxylation is 1. The first-order valence-corrected chi connectivity index (χ1v) is 7.87. The fraction of sp³-hybridized carbons (Fsp3) is 0.158. The van der Waals surface area contributed by atoms with Gasteiger partial charge >= 0.3 is 0 Å². The second-order valence-electron chi connectivity index (χ2n) is 5.86. The molecular weight excluding hydrogens is 302 g/mol. The van der Waals surface area contributed by atoms with Gasteiger partial charge in [0, 0.05) is 24.5 Å². The average molecular weight is 319 g/mol. The molecule has 0 unspecified atom stereocenters. The van der Waals surface area contributed by atoms with Gasteiger partial charge in [0.1, 0.15) is 5.75 Å². The van der Waals surface area contributed by atoms with Crippen molar-refractivity contribution >= 4 is 11.6 Å². The van der Waals surface area contributed by atoms with Crippen molar-refractivity contribution in [2.24, 2.45) is 0 Å². The van der Waals surface area contributed by atoms with Crippen LogP contribution in [0.3, 0.4) is 0 Å². The lowest BCUT2D eigenvalue weighted by Crippen LogP contribution is -2.31. The van der Waals surface area contributed by atoms with E-state index >= 15 is 0 Å². The summed E-state index contributed by atoms with van der Waals surface area (Å²) >= 11 is 0. The predicted octanol–water partition coefficient (Wildman–Crippen LogP) is 3.12. The number of hydrogen-bond donors (Lipinski definition) is 1. The number of aromatic nitrogens is 2. The third-order valence-corrected chi connectivity index (χ3v) is 4.19. The highest BCUT2D eigenvalue weighted by atomic mass is 16.5. The molecule has 0 spiro atoms. The Morgan fingerprint density at radius 1 is 1.25 bits per heavy atom. The molecule has 2 aromatic carbocycles. The Labute approximate surface area is 139 Å². The van der Waals surface area contributed by atoms with Crippen molar-refractivity contribution in [1.82, 2.24) is 9.78 Å². The number of rotatable bonds is 3. The number of carbonyl (C=O) groups excluding carboxylic acids is 1. The van der Waals surface area contributed by atoms with Crippen molar-refractivity contribution in [2.75, 3.05) is 5.32 Å². The fourth-order valence-electron chi connectivity index (χ4n) is 2.85. The second-order valence-corrected chi connectivity index (χ2v) is 5.86. The van der Waals surface area contributed by atoms with Crippen LogP contribution >= 0.6 is 0 Å². The van der Waals surface area contributed by atoms with Crippen LogP contribution < -0.4 is 10.1 Å². The predicted molar refractivity (Wildman–Crippen MR) is 91.5 cm³/mol. The van der Waals surface area contributed by atoms with Crippen molar-refractivity contribution in [3.05, 3.63) is 72.1 Å². The van der Waals surface area contributed by atoms with Crippen LogP contribution in [0.1, 0.15) is 11.1 Å². The zero-order valence-corrected chi connectivity index (χ0v) is 13.3. The summed E-state index contributed by atoms with van der Waals surface area (Å²) < 4.78 is 7.51. The van der Waals surface area contributed by atoms with E-state index in [0.717, 1.165) is 28.3 Å². The normalized spacial score (nSPS) is 15.6. The van der Waals surface area contributed by atoms with E-state index in [1.807, 2.05) is 61.7 Å². The third kappa shape index (κ3) is 2.65. The molecule has 0 saturated heterocycles. The Balaban J connectivity index is 1.53. The van der Waals surface area contributed by atoms with Crippen molar-refractivity contribution in [3.8, 4) is 11.4 Å². The van der Waals surface area contributed by atoms with Gasteiger partial charge in [-0.15, -0.1) is 0 Å². The molecule has 120 valence electrons. The molecule has 0 radical (unpaired) electrons. The standard InChI is InChI=1S/C19H17N3O2/c1-13-7-8-15(22-10-4-9-20-22)12-16(13)21-19(23)18-11-14-5-2-3-6-17(14)24-18/h2-10,12,18H,11H2,1H3,(H,21,23)/t18-/m1/s1. The van der Waals surface area contributed by atoms with Gasteiger partial charge in [-0.2, -0.15) is 5.10 Å². The molecule has 1 aromatic heterocycles. The Hall–Kier alpha value is -3.08. The maximum Gasteiger partial charge on any atom is 0.265 e. The molecule has 4 rings (SSSR count). The highest BCUT2D eigenvalue weighted by Gasteiger charge is 2.29. The van der Waals surface area contributed by atoms with E-state index in [9.17, 15) is 4.79 Å². The first-order chi connectivity index (χ1) is 11.7. The molecule has 1 amide bonds. The molecule has 24 heavy (non-hydrogen) atoms. The largest absolute Gasteiger partial charge is 0.480 e. The highest BCUT2D eigenvalue weighted by Crippen LogP contribution is 2.29. The molecule has 1 aliphatic heterocycles. The van der Waals surface area contributed by atoms with Gasteiger partial charge in [0.25, 0.3) is 5.91 Å². The molecule has 0 fully saturated rings. The van der Waals surface area contributed by atoms with Gasteiger partial charge in [0.05, 0.1) is 5.69 Å². The number of fused-ring (bicyclic) bond motifs is 1. The lowest BCUT2D eigenvalue weighted by atomic mass is 10.1. The van der Waals surface area contributed by atoms with Crippen LogP contribution in [0.4, 0.5) is 5.69 Å². The molecule has 3 aromatic rings. The number of nitrogens with zero attached hydrogens (tertiary/aromatic N) is 2. The number of carbonyl (C=O) groups is 1. The number of amides is 1. The number of para-hydroxylation sites is 1. The van der Waals surface area contributed by atoms with Gasteiger partial charge < -0.3 is 10.1 Å². The number of nitrogens with one attached hydrogen (secondary N) is 1. The maximum atomic E-state index is 12.6. The number of anilines is 1. The summed E-state index contributed by atoms with van der Waals surface area (Å²) in [6.45, 7) is 1.97. The summed E-state index contributed by atoms with van der Waals surface area (Å²) in [5.74, 6) is 0.659. The molecule has 0 saturated carbocycles. The van der Waals surface area contributed by atoms with Crippen LogP contribution in [0.2, 0.25) is 0 Å². The van der Waals surface area contributed by atoms with Gasteiger partial charge in [0.15, 0.2) is 6.10 Å². The van der Waals surface area contributed by atoms with Crippen LogP contribution in [0.15, 0.2) is 60.9 Å². The molecule has 5 nitrogen and oxygen atoms in total. The van der Waals surface area contributed by atoms with Gasteiger partial charge in [-0.25, -0.2) is 4.68 Å². The van der Waals surface area contributed by atoms with Crippen LogP contribution in [-0.4, -0.2) is 21.8 Å². The SMILES string of the molecule is Cc1ccc(-n2cccn2)cc1NC(=O)[C@H]1Cc2ccccc2O1. The van der Waals surface area contributed by atoms with Gasteiger partial charge in [-0.3, -0.25) is 4.79 Å². The minimum Gasteiger partial charge on any atom is -0.480 e. The van der Waals surface area contributed by atoms with E-state index < -0.39 is 6.10 Å². The lowest BCUT2D eigenvalue weighted by molar-refractivity contribution is -0.122. The highest BCUT2D eigenvalue weighted by molar-refractivity contribution is 5.96. The summed E-state index contributed by atoms with van der Waals surface area (Å²) in [5, 5.41) is 7.20. The minimum absolute atomic E-state index is 0.132. The van der Waals surface area contributed by atoms with Crippen molar-refractivity contribution < 1.29 is 9.53 Å². The first kappa shape index (κ1) is 14.5. The Kier molecular flexibility index (Phi) is 3.54. The molecule has 2 heterocycles. The summed E-state index contributed by atoms with van der Waals surface area (Å²) in [6, 6.07) is 15.5. The van der Waals surface area contributed by atoms with Gasteiger partial charge in [-0.05, 0) is 42.3 Å². The average Bonchev–Trinajstić information content (AvgIpc) is 3.26. The smallest absolute Gasteiger partial charge is 0.265 e. The monoisotopic (exact) mass is 319 g/mol. The summed E-state index contributed by atoms with van der Waals surface area (Å²) in [4.78, 5) is 12.6. The minimum atomic E-state index is -0.491.